The van der Waals surface area contributed by atoms with E-state index in [4.69, 9.17) is 23.7 Å². The molecule has 0 bridgehead atoms. The van der Waals surface area contributed by atoms with Gasteiger partial charge in [0, 0.05) is 5.92 Å². The molecule has 3 aromatic rings. The molecule has 0 radical (unpaired) electrons. The van der Waals surface area contributed by atoms with E-state index in [2.05, 4.69) is 0 Å². The molecule has 1 saturated heterocycles. The Balaban J connectivity index is 1.48. The monoisotopic (exact) mass is 490 g/mol. The van der Waals surface area contributed by atoms with E-state index in [1.54, 1.807) is 6.92 Å². The summed E-state index contributed by atoms with van der Waals surface area (Å²) in [6.45, 7) is 3.67. The Bertz CT molecular complexity index is 1030. The fourth-order valence-corrected chi connectivity index (χ4v) is 4.32. The van der Waals surface area contributed by atoms with Gasteiger partial charge in [-0.1, -0.05) is 91.0 Å². The Morgan fingerprint density at radius 2 is 1.28 bits per heavy atom. The summed E-state index contributed by atoms with van der Waals surface area (Å²) in [5.41, 5.74) is 3.16. The Hall–Kier alpha value is -3.03. The van der Waals surface area contributed by atoms with Crippen molar-refractivity contribution in [1.82, 2.24) is 0 Å². The molecular weight excluding hydrogens is 456 g/mol. The molecule has 1 heterocycles. The van der Waals surface area contributed by atoms with Crippen LogP contribution in [0.15, 0.2) is 91.0 Å². The number of hydrogen-bond donors (Lipinski definition) is 0. The van der Waals surface area contributed by atoms with Gasteiger partial charge < -0.3 is 23.7 Å². The smallest absolute Gasteiger partial charge is 0.306 e. The maximum atomic E-state index is 12.5. The third kappa shape index (κ3) is 7.73. The molecule has 0 unspecified atom stereocenters. The van der Waals surface area contributed by atoms with E-state index in [0.29, 0.717) is 33.0 Å². The Morgan fingerprint density at radius 3 is 1.83 bits per heavy atom. The highest BCUT2D eigenvalue weighted by atomic mass is 16.7. The van der Waals surface area contributed by atoms with Gasteiger partial charge in [0.15, 0.2) is 6.29 Å². The molecule has 0 aromatic heterocycles. The van der Waals surface area contributed by atoms with Crippen LogP contribution >= 0.6 is 0 Å². The number of hydrogen-bond acceptors (Lipinski definition) is 6. The molecule has 6 nitrogen and oxygen atoms in total. The quantitative estimate of drug-likeness (QED) is 0.303. The number of ether oxygens (including phenoxy) is 5. The van der Waals surface area contributed by atoms with Gasteiger partial charge in [0.25, 0.3) is 0 Å². The summed E-state index contributed by atoms with van der Waals surface area (Å²) in [5, 5.41) is 0. The van der Waals surface area contributed by atoms with Crippen molar-refractivity contribution < 1.29 is 28.5 Å². The van der Waals surface area contributed by atoms with Crippen molar-refractivity contribution >= 4 is 5.97 Å². The largest absolute Gasteiger partial charge is 0.466 e. The van der Waals surface area contributed by atoms with Gasteiger partial charge in [-0.2, -0.15) is 0 Å². The fourth-order valence-electron chi connectivity index (χ4n) is 4.32. The van der Waals surface area contributed by atoms with Crippen LogP contribution in [-0.4, -0.2) is 37.7 Å². The standard InChI is InChI=1S/C30H34O6/c1-2-33-28(31)18-26-29(34-20-24-14-8-4-9-15-24)27(22-32-19-23-12-6-3-7-13-23)36-30(26)35-21-25-16-10-5-11-17-25/h3-17,26-27,29-30H,2,18-22H2,1H3/t26-,27-,29-,30+/m1/s1. The van der Waals surface area contributed by atoms with Crippen molar-refractivity contribution in [3.63, 3.8) is 0 Å². The van der Waals surface area contributed by atoms with Crippen LogP contribution in [0.5, 0.6) is 0 Å². The molecular formula is C30H34O6. The average Bonchev–Trinajstić information content (AvgIpc) is 3.23. The molecule has 190 valence electrons. The second kappa shape index (κ2) is 13.9. The van der Waals surface area contributed by atoms with Crippen LogP contribution in [-0.2, 0) is 48.3 Å². The van der Waals surface area contributed by atoms with Gasteiger partial charge in [-0.25, -0.2) is 0 Å². The lowest BCUT2D eigenvalue weighted by Crippen LogP contribution is -2.35. The van der Waals surface area contributed by atoms with E-state index in [1.165, 1.54) is 0 Å². The summed E-state index contributed by atoms with van der Waals surface area (Å²) in [6, 6.07) is 29.9. The number of carbonyl (C=O) groups is 1. The summed E-state index contributed by atoms with van der Waals surface area (Å²) in [7, 11) is 0. The Kier molecular flexibility index (Phi) is 10.1. The topological polar surface area (TPSA) is 63.2 Å². The van der Waals surface area contributed by atoms with Crippen LogP contribution in [0.25, 0.3) is 0 Å². The molecule has 0 saturated carbocycles. The summed E-state index contributed by atoms with van der Waals surface area (Å²) >= 11 is 0. The average molecular weight is 491 g/mol. The summed E-state index contributed by atoms with van der Waals surface area (Å²) in [4.78, 5) is 12.5. The normalized spacial score (nSPS) is 21.4. The Labute approximate surface area is 213 Å². The molecule has 4 rings (SSSR count). The highest BCUT2D eigenvalue weighted by Gasteiger charge is 2.47. The van der Waals surface area contributed by atoms with Crippen LogP contribution in [0.2, 0.25) is 0 Å². The SMILES string of the molecule is CCOC(=O)C[C@H]1[C@@H](OCc2ccccc2)O[C@H](COCc2ccccc2)[C@@H]1OCc1ccccc1. The first-order valence-electron chi connectivity index (χ1n) is 12.5. The summed E-state index contributed by atoms with van der Waals surface area (Å²) < 4.78 is 30.2. The molecule has 1 aliphatic rings. The minimum atomic E-state index is -0.624. The molecule has 0 aliphatic carbocycles. The molecule has 36 heavy (non-hydrogen) atoms. The van der Waals surface area contributed by atoms with Crippen LogP contribution in [0.1, 0.15) is 30.0 Å². The zero-order chi connectivity index (χ0) is 25.0. The van der Waals surface area contributed by atoms with E-state index >= 15 is 0 Å². The second-order valence-electron chi connectivity index (χ2n) is 8.77. The maximum absolute atomic E-state index is 12.5. The summed E-state index contributed by atoms with van der Waals surface area (Å²) in [6.07, 6.45) is -1.27. The minimum absolute atomic E-state index is 0.141. The first kappa shape index (κ1) is 26.0. The highest BCUT2D eigenvalue weighted by molar-refractivity contribution is 5.69. The molecule has 1 aliphatic heterocycles. The minimum Gasteiger partial charge on any atom is -0.466 e. The van der Waals surface area contributed by atoms with Crippen LogP contribution < -0.4 is 0 Å². The number of benzene rings is 3. The lowest BCUT2D eigenvalue weighted by atomic mass is 9.96. The lowest BCUT2D eigenvalue weighted by molar-refractivity contribution is -0.171. The third-order valence-electron chi connectivity index (χ3n) is 6.09. The predicted molar refractivity (Wildman–Crippen MR) is 136 cm³/mol. The van der Waals surface area contributed by atoms with Crippen molar-refractivity contribution in [2.45, 2.75) is 51.7 Å². The van der Waals surface area contributed by atoms with Crippen molar-refractivity contribution in [1.29, 1.82) is 0 Å². The van der Waals surface area contributed by atoms with Gasteiger partial charge in [0.05, 0.1) is 45.6 Å². The third-order valence-corrected chi connectivity index (χ3v) is 6.09. The molecule has 1 fully saturated rings. The van der Waals surface area contributed by atoms with E-state index in [0.717, 1.165) is 16.7 Å². The van der Waals surface area contributed by atoms with Crippen LogP contribution in [0.3, 0.4) is 0 Å². The Morgan fingerprint density at radius 1 is 0.750 bits per heavy atom. The first-order valence-corrected chi connectivity index (χ1v) is 12.5. The predicted octanol–water partition coefficient (Wildman–Crippen LogP) is 5.30. The zero-order valence-corrected chi connectivity index (χ0v) is 20.7. The molecule has 4 atom stereocenters. The van der Waals surface area contributed by atoms with Gasteiger partial charge >= 0.3 is 5.97 Å². The molecule has 0 spiro atoms. The lowest BCUT2D eigenvalue weighted by Gasteiger charge is -2.24. The maximum Gasteiger partial charge on any atom is 0.306 e. The molecule has 3 aromatic carbocycles. The van der Waals surface area contributed by atoms with Crippen LogP contribution in [0.4, 0.5) is 0 Å². The first-order chi connectivity index (χ1) is 17.7. The number of rotatable bonds is 13. The number of esters is 1. The van der Waals surface area contributed by atoms with Gasteiger partial charge in [-0.3, -0.25) is 4.79 Å². The van der Waals surface area contributed by atoms with E-state index in [9.17, 15) is 4.79 Å². The molecule has 0 amide bonds. The second-order valence-corrected chi connectivity index (χ2v) is 8.77. The van der Waals surface area contributed by atoms with Gasteiger partial charge in [0.1, 0.15) is 6.10 Å². The van der Waals surface area contributed by atoms with Gasteiger partial charge in [0.2, 0.25) is 0 Å². The molecule has 0 N–H and O–H groups in total. The van der Waals surface area contributed by atoms with Gasteiger partial charge in [-0.15, -0.1) is 0 Å². The summed E-state index contributed by atoms with van der Waals surface area (Å²) in [5.74, 6) is -0.625. The van der Waals surface area contributed by atoms with Crippen molar-refractivity contribution in [3.05, 3.63) is 108 Å². The zero-order valence-electron chi connectivity index (χ0n) is 20.7. The highest BCUT2D eigenvalue weighted by Crippen LogP contribution is 2.35. The van der Waals surface area contributed by atoms with Crippen LogP contribution in [0, 0.1) is 5.92 Å². The van der Waals surface area contributed by atoms with Gasteiger partial charge in [-0.05, 0) is 23.6 Å². The number of carbonyl (C=O) groups excluding carboxylic acids is 1. The van der Waals surface area contributed by atoms with E-state index in [1.807, 2.05) is 91.0 Å². The molecule has 6 heteroatoms. The van der Waals surface area contributed by atoms with E-state index in [-0.39, 0.29) is 18.3 Å². The van der Waals surface area contributed by atoms with Crippen molar-refractivity contribution in [3.8, 4) is 0 Å². The fraction of sp³-hybridized carbons (Fsp3) is 0.367. The van der Waals surface area contributed by atoms with Crippen molar-refractivity contribution in [2.24, 2.45) is 5.92 Å². The van der Waals surface area contributed by atoms with Crippen molar-refractivity contribution in [2.75, 3.05) is 13.2 Å². The van der Waals surface area contributed by atoms with E-state index < -0.39 is 18.5 Å².